The van der Waals surface area contributed by atoms with Crippen molar-refractivity contribution in [1.29, 1.82) is 0 Å². The van der Waals surface area contributed by atoms with Crippen LogP contribution in [0.1, 0.15) is 26.3 Å². The van der Waals surface area contributed by atoms with Crippen LogP contribution < -0.4 is 5.32 Å². The van der Waals surface area contributed by atoms with E-state index in [2.05, 4.69) is 43.4 Å². The van der Waals surface area contributed by atoms with Gasteiger partial charge in [0, 0.05) is 12.4 Å². The van der Waals surface area contributed by atoms with Crippen LogP contribution in [0.2, 0.25) is 0 Å². The van der Waals surface area contributed by atoms with Gasteiger partial charge in [0.2, 0.25) is 0 Å². The predicted molar refractivity (Wildman–Crippen MR) is 66.7 cm³/mol. The zero-order valence-electron chi connectivity index (χ0n) is 10.3. The minimum absolute atomic E-state index is 0.269. The van der Waals surface area contributed by atoms with Crippen LogP contribution in [-0.4, -0.2) is 12.2 Å². The molecular formula is C13H18N2O. The summed E-state index contributed by atoms with van der Waals surface area (Å²) < 4.78 is 5.28. The molecule has 1 heterocycles. The van der Waals surface area contributed by atoms with E-state index in [-0.39, 0.29) is 5.41 Å². The molecule has 0 bridgehead atoms. The molecule has 2 aromatic rings. The first kappa shape index (κ1) is 11.0. The quantitative estimate of drug-likeness (QED) is 0.838. The molecule has 0 saturated carbocycles. The Kier molecular flexibility index (Phi) is 2.62. The summed E-state index contributed by atoms with van der Waals surface area (Å²) in [5.41, 5.74) is 3.41. The van der Waals surface area contributed by atoms with Crippen molar-refractivity contribution in [3.05, 3.63) is 23.9 Å². The Morgan fingerprint density at radius 1 is 1.31 bits per heavy atom. The zero-order valence-corrected chi connectivity index (χ0v) is 10.3. The average Bonchev–Trinajstić information content (AvgIpc) is 2.65. The fourth-order valence-electron chi connectivity index (χ4n) is 1.93. The van der Waals surface area contributed by atoms with Crippen molar-refractivity contribution >= 4 is 16.7 Å². The fourth-order valence-corrected chi connectivity index (χ4v) is 1.93. The van der Waals surface area contributed by atoms with Crippen LogP contribution in [0.15, 0.2) is 22.9 Å². The molecule has 0 aliphatic carbocycles. The molecule has 1 aromatic heterocycles. The van der Waals surface area contributed by atoms with Gasteiger partial charge in [0.15, 0.2) is 5.58 Å². The number of rotatable bonds is 2. The minimum Gasteiger partial charge on any atom is -0.385 e. The van der Waals surface area contributed by atoms with Crippen molar-refractivity contribution in [2.45, 2.75) is 27.2 Å². The highest BCUT2D eigenvalue weighted by Crippen LogP contribution is 2.30. The number of nitrogens with zero attached hydrogens (tertiary/aromatic N) is 1. The monoisotopic (exact) mass is 218 g/mol. The summed E-state index contributed by atoms with van der Waals surface area (Å²) in [6.07, 6.45) is 2.83. The van der Waals surface area contributed by atoms with Gasteiger partial charge in [-0.3, -0.25) is 0 Å². The van der Waals surface area contributed by atoms with Crippen LogP contribution in [0.5, 0.6) is 0 Å². The van der Waals surface area contributed by atoms with Gasteiger partial charge in [0.05, 0.1) is 11.9 Å². The van der Waals surface area contributed by atoms with E-state index in [1.807, 2.05) is 7.05 Å². The van der Waals surface area contributed by atoms with Gasteiger partial charge in [-0.25, -0.2) is 0 Å². The SMILES string of the molecule is CNc1ccc(CC(C)(C)C)c2cnoc12. The standard InChI is InChI=1S/C13H18N2O/c1-13(2,3)7-9-5-6-11(14-4)12-10(9)8-15-16-12/h5-6,8,14H,7H2,1-4H3. The molecule has 0 fully saturated rings. The molecule has 3 nitrogen and oxygen atoms in total. The second-order valence-corrected chi connectivity index (χ2v) is 5.33. The van der Waals surface area contributed by atoms with Crippen LogP contribution in [0.3, 0.4) is 0 Å². The maximum Gasteiger partial charge on any atom is 0.190 e. The number of aromatic nitrogens is 1. The van der Waals surface area contributed by atoms with Gasteiger partial charge >= 0.3 is 0 Å². The van der Waals surface area contributed by atoms with Crippen molar-refractivity contribution < 1.29 is 4.52 Å². The Bertz CT molecular complexity index is 494. The molecule has 0 saturated heterocycles. The van der Waals surface area contributed by atoms with E-state index in [4.69, 9.17) is 4.52 Å². The molecular weight excluding hydrogens is 200 g/mol. The van der Waals surface area contributed by atoms with Gasteiger partial charge in [-0.2, -0.15) is 0 Å². The number of nitrogens with one attached hydrogen (secondary N) is 1. The first-order valence-electron chi connectivity index (χ1n) is 5.55. The molecule has 3 heteroatoms. The lowest BCUT2D eigenvalue weighted by atomic mass is 9.87. The van der Waals surface area contributed by atoms with Crippen LogP contribution >= 0.6 is 0 Å². The molecule has 0 radical (unpaired) electrons. The van der Waals surface area contributed by atoms with Crippen molar-refractivity contribution in [3.63, 3.8) is 0 Å². The Morgan fingerprint density at radius 2 is 2.06 bits per heavy atom. The molecule has 0 spiro atoms. The van der Waals surface area contributed by atoms with Crippen molar-refractivity contribution in [2.75, 3.05) is 12.4 Å². The van der Waals surface area contributed by atoms with Gasteiger partial charge in [-0.1, -0.05) is 32.0 Å². The van der Waals surface area contributed by atoms with Crippen LogP contribution in [0, 0.1) is 5.41 Å². The largest absolute Gasteiger partial charge is 0.385 e. The smallest absolute Gasteiger partial charge is 0.190 e. The highest BCUT2D eigenvalue weighted by atomic mass is 16.5. The van der Waals surface area contributed by atoms with E-state index in [9.17, 15) is 0 Å². The summed E-state index contributed by atoms with van der Waals surface area (Å²) in [5.74, 6) is 0. The highest BCUT2D eigenvalue weighted by molar-refractivity contribution is 5.90. The summed E-state index contributed by atoms with van der Waals surface area (Å²) in [5, 5.41) is 8.11. The number of anilines is 1. The lowest BCUT2D eigenvalue weighted by molar-refractivity contribution is 0.412. The maximum absolute atomic E-state index is 5.28. The summed E-state index contributed by atoms with van der Waals surface area (Å²) >= 11 is 0. The van der Waals surface area contributed by atoms with E-state index in [1.54, 1.807) is 6.20 Å². The zero-order chi connectivity index (χ0) is 11.8. The third kappa shape index (κ3) is 2.03. The lowest BCUT2D eigenvalue weighted by Gasteiger charge is -2.18. The fraction of sp³-hybridized carbons (Fsp3) is 0.462. The number of benzene rings is 1. The van der Waals surface area contributed by atoms with E-state index < -0.39 is 0 Å². The molecule has 16 heavy (non-hydrogen) atoms. The summed E-state index contributed by atoms with van der Waals surface area (Å²) in [4.78, 5) is 0. The topological polar surface area (TPSA) is 38.1 Å². The summed E-state index contributed by atoms with van der Waals surface area (Å²) in [7, 11) is 1.89. The Labute approximate surface area is 95.8 Å². The average molecular weight is 218 g/mol. The first-order chi connectivity index (χ1) is 7.51. The van der Waals surface area contributed by atoms with Crippen LogP contribution in [-0.2, 0) is 6.42 Å². The van der Waals surface area contributed by atoms with Crippen LogP contribution in [0.25, 0.3) is 11.0 Å². The Morgan fingerprint density at radius 3 is 2.69 bits per heavy atom. The Balaban J connectivity index is 2.52. The molecule has 1 aromatic carbocycles. The minimum atomic E-state index is 0.269. The Hall–Kier alpha value is -1.51. The molecule has 0 unspecified atom stereocenters. The van der Waals surface area contributed by atoms with Crippen molar-refractivity contribution in [2.24, 2.45) is 5.41 Å². The van der Waals surface area contributed by atoms with Gasteiger partial charge in [0.1, 0.15) is 0 Å². The molecule has 2 rings (SSSR count). The molecule has 0 atom stereocenters. The predicted octanol–water partition coefficient (Wildman–Crippen LogP) is 3.46. The molecule has 0 amide bonds. The van der Waals surface area contributed by atoms with Crippen LogP contribution in [0.4, 0.5) is 5.69 Å². The highest BCUT2D eigenvalue weighted by Gasteiger charge is 2.16. The number of hydrogen-bond donors (Lipinski definition) is 1. The van der Waals surface area contributed by atoms with Gasteiger partial charge in [-0.15, -0.1) is 0 Å². The van der Waals surface area contributed by atoms with Gasteiger partial charge < -0.3 is 9.84 Å². The molecule has 0 aliphatic rings. The number of hydrogen-bond acceptors (Lipinski definition) is 3. The van der Waals surface area contributed by atoms with E-state index >= 15 is 0 Å². The van der Waals surface area contributed by atoms with E-state index in [1.165, 1.54) is 5.56 Å². The second kappa shape index (κ2) is 3.81. The van der Waals surface area contributed by atoms with Gasteiger partial charge in [0.25, 0.3) is 0 Å². The molecule has 0 aliphatic heterocycles. The second-order valence-electron chi connectivity index (χ2n) is 5.33. The van der Waals surface area contributed by atoms with Gasteiger partial charge in [-0.05, 0) is 23.5 Å². The van der Waals surface area contributed by atoms with Crippen molar-refractivity contribution in [3.8, 4) is 0 Å². The van der Waals surface area contributed by atoms with E-state index in [0.717, 1.165) is 23.1 Å². The van der Waals surface area contributed by atoms with Crippen molar-refractivity contribution in [1.82, 2.24) is 5.16 Å². The molecule has 1 N–H and O–H groups in total. The maximum atomic E-state index is 5.28. The van der Waals surface area contributed by atoms with E-state index in [0.29, 0.717) is 0 Å². The third-order valence-corrected chi connectivity index (χ3v) is 2.60. The summed E-state index contributed by atoms with van der Waals surface area (Å²) in [6.45, 7) is 6.70. The lowest BCUT2D eigenvalue weighted by Crippen LogP contribution is -2.09. The molecule has 86 valence electrons. The summed E-state index contributed by atoms with van der Waals surface area (Å²) in [6, 6.07) is 4.20. The normalized spacial score (nSPS) is 12.0. The number of fused-ring (bicyclic) bond motifs is 1. The first-order valence-corrected chi connectivity index (χ1v) is 5.55. The third-order valence-electron chi connectivity index (χ3n) is 2.60.